The fourth-order valence-corrected chi connectivity index (χ4v) is 3.78. The van der Waals surface area contributed by atoms with E-state index in [1.165, 1.54) is 44.9 Å². The summed E-state index contributed by atoms with van der Waals surface area (Å²) in [6.45, 7) is 0.749. The van der Waals surface area contributed by atoms with Crippen LogP contribution in [0.2, 0.25) is 0 Å². The average molecular weight is 276 g/mol. The highest BCUT2D eigenvalue weighted by molar-refractivity contribution is 5.85. The lowest BCUT2D eigenvalue weighted by molar-refractivity contribution is -0.128. The van der Waals surface area contributed by atoms with Crippen molar-refractivity contribution in [1.29, 1.82) is 5.26 Å². The van der Waals surface area contributed by atoms with Crippen molar-refractivity contribution in [1.82, 2.24) is 5.32 Å². The van der Waals surface area contributed by atoms with Crippen LogP contribution in [0.3, 0.4) is 0 Å². The molecule has 0 aliphatic heterocycles. The van der Waals surface area contributed by atoms with Crippen molar-refractivity contribution < 1.29 is 4.79 Å². The van der Waals surface area contributed by atoms with Gasteiger partial charge in [-0.05, 0) is 31.6 Å². The minimum atomic E-state index is -0.732. The van der Waals surface area contributed by atoms with Gasteiger partial charge in [0.05, 0.1) is 6.07 Å². The lowest BCUT2D eigenvalue weighted by Gasteiger charge is -2.23. The third-order valence-corrected chi connectivity index (χ3v) is 5.16. The number of rotatable bonds is 5. The molecule has 0 aromatic heterocycles. The molecule has 2 saturated carbocycles. The number of carbonyl (C=O) groups excluding carboxylic acids is 1. The van der Waals surface area contributed by atoms with E-state index in [0.29, 0.717) is 0 Å². The Hall–Kier alpha value is -1.04. The van der Waals surface area contributed by atoms with Gasteiger partial charge in [-0.3, -0.25) is 4.79 Å². The van der Waals surface area contributed by atoms with Crippen molar-refractivity contribution in [2.45, 2.75) is 77.0 Å². The summed E-state index contributed by atoms with van der Waals surface area (Å²) in [5.41, 5.74) is -0.732. The first-order valence-corrected chi connectivity index (χ1v) is 8.46. The van der Waals surface area contributed by atoms with Gasteiger partial charge < -0.3 is 5.32 Å². The summed E-state index contributed by atoms with van der Waals surface area (Å²) in [5, 5.41) is 12.5. The Kier molecular flexibility index (Phi) is 5.88. The lowest BCUT2D eigenvalue weighted by Crippen LogP contribution is -2.40. The predicted octanol–water partition coefficient (Wildman–Crippen LogP) is 3.94. The first-order valence-electron chi connectivity index (χ1n) is 8.46. The van der Waals surface area contributed by atoms with Crippen LogP contribution >= 0.6 is 0 Å². The number of nitrogens with zero attached hydrogens (tertiary/aromatic N) is 1. The first kappa shape index (κ1) is 15.4. The molecule has 1 amide bonds. The molecule has 0 atom stereocenters. The molecule has 0 saturated heterocycles. The zero-order chi connectivity index (χ0) is 14.3. The highest BCUT2D eigenvalue weighted by Gasteiger charge is 2.38. The number of nitrogens with one attached hydrogen (secondary N) is 1. The molecule has 20 heavy (non-hydrogen) atoms. The Balaban J connectivity index is 1.73. The van der Waals surface area contributed by atoms with Crippen LogP contribution in [-0.4, -0.2) is 12.5 Å². The van der Waals surface area contributed by atoms with Gasteiger partial charge in [-0.15, -0.1) is 0 Å². The van der Waals surface area contributed by atoms with E-state index < -0.39 is 5.41 Å². The Morgan fingerprint density at radius 2 is 1.75 bits per heavy atom. The second-order valence-electron chi connectivity index (χ2n) is 6.66. The van der Waals surface area contributed by atoms with Crippen LogP contribution in [0.1, 0.15) is 77.0 Å². The van der Waals surface area contributed by atoms with Crippen LogP contribution < -0.4 is 5.32 Å². The van der Waals surface area contributed by atoms with Crippen molar-refractivity contribution >= 4 is 5.91 Å². The van der Waals surface area contributed by atoms with Gasteiger partial charge in [-0.2, -0.15) is 5.26 Å². The number of hydrogen-bond acceptors (Lipinski definition) is 2. The van der Waals surface area contributed by atoms with E-state index in [-0.39, 0.29) is 5.91 Å². The molecule has 3 heteroatoms. The van der Waals surface area contributed by atoms with Crippen molar-refractivity contribution in [2.75, 3.05) is 6.54 Å². The molecule has 1 N–H and O–H groups in total. The van der Waals surface area contributed by atoms with Crippen molar-refractivity contribution in [3.63, 3.8) is 0 Å². The largest absolute Gasteiger partial charge is 0.355 e. The van der Waals surface area contributed by atoms with Crippen molar-refractivity contribution in [3.05, 3.63) is 0 Å². The summed E-state index contributed by atoms with van der Waals surface area (Å²) in [5.74, 6) is 0.878. The zero-order valence-electron chi connectivity index (χ0n) is 12.6. The Labute approximate surface area is 123 Å². The number of nitriles is 1. The maximum atomic E-state index is 12.4. The van der Waals surface area contributed by atoms with Gasteiger partial charge in [-0.1, -0.05) is 51.4 Å². The minimum Gasteiger partial charge on any atom is -0.355 e. The van der Waals surface area contributed by atoms with Gasteiger partial charge in [0.15, 0.2) is 0 Å². The second kappa shape index (κ2) is 7.67. The van der Waals surface area contributed by atoms with Gasteiger partial charge in [-0.25, -0.2) is 0 Å². The van der Waals surface area contributed by atoms with E-state index in [9.17, 15) is 10.1 Å². The molecule has 0 radical (unpaired) electrons. The average Bonchev–Trinajstić information content (AvgIpc) is 2.86. The standard InChI is InChI=1S/C17H28N2O/c18-14-17(11-5-1-2-6-12-17)16(20)19-13-7-10-15-8-3-4-9-15/h15H,1-13H2,(H,19,20). The van der Waals surface area contributed by atoms with E-state index >= 15 is 0 Å². The lowest BCUT2D eigenvalue weighted by atomic mass is 9.81. The highest BCUT2D eigenvalue weighted by atomic mass is 16.2. The van der Waals surface area contributed by atoms with Crippen LogP contribution in [-0.2, 0) is 4.79 Å². The van der Waals surface area contributed by atoms with Gasteiger partial charge in [0.1, 0.15) is 5.41 Å². The maximum Gasteiger partial charge on any atom is 0.240 e. The van der Waals surface area contributed by atoms with E-state index in [0.717, 1.165) is 44.6 Å². The molecule has 3 nitrogen and oxygen atoms in total. The predicted molar refractivity (Wildman–Crippen MR) is 79.9 cm³/mol. The Bertz CT molecular complexity index is 344. The third-order valence-electron chi connectivity index (χ3n) is 5.16. The quantitative estimate of drug-likeness (QED) is 0.611. The number of carbonyl (C=O) groups is 1. The molecule has 0 spiro atoms. The number of hydrogen-bond donors (Lipinski definition) is 1. The van der Waals surface area contributed by atoms with Crippen LogP contribution in [0.5, 0.6) is 0 Å². The van der Waals surface area contributed by atoms with Gasteiger partial charge in [0, 0.05) is 6.54 Å². The molecule has 112 valence electrons. The summed E-state index contributed by atoms with van der Waals surface area (Å²) >= 11 is 0. The molecule has 0 bridgehead atoms. The summed E-state index contributed by atoms with van der Waals surface area (Å²) in [7, 11) is 0. The smallest absolute Gasteiger partial charge is 0.240 e. The number of amides is 1. The molecule has 0 heterocycles. The van der Waals surface area contributed by atoms with Crippen LogP contribution in [0.15, 0.2) is 0 Å². The molecule has 0 unspecified atom stereocenters. The topological polar surface area (TPSA) is 52.9 Å². The maximum absolute atomic E-state index is 12.4. The zero-order valence-corrected chi connectivity index (χ0v) is 12.6. The first-order chi connectivity index (χ1) is 9.77. The fraction of sp³-hybridized carbons (Fsp3) is 0.882. The fourth-order valence-electron chi connectivity index (χ4n) is 3.78. The molecular weight excluding hydrogens is 248 g/mol. The van der Waals surface area contributed by atoms with Crippen molar-refractivity contribution in [3.8, 4) is 6.07 Å². The van der Waals surface area contributed by atoms with Gasteiger partial charge in [0.25, 0.3) is 0 Å². The molecule has 0 aromatic rings. The summed E-state index contributed by atoms with van der Waals surface area (Å²) in [4.78, 5) is 12.4. The molecule has 0 aromatic carbocycles. The van der Waals surface area contributed by atoms with E-state index in [1.54, 1.807) is 0 Å². The normalized spacial score (nSPS) is 22.9. The molecule has 2 fully saturated rings. The molecule has 2 rings (SSSR count). The molecule has 2 aliphatic rings. The van der Waals surface area contributed by atoms with Crippen LogP contribution in [0.25, 0.3) is 0 Å². The van der Waals surface area contributed by atoms with E-state index in [4.69, 9.17) is 0 Å². The highest BCUT2D eigenvalue weighted by Crippen LogP contribution is 2.34. The molecule has 2 aliphatic carbocycles. The second-order valence-corrected chi connectivity index (χ2v) is 6.66. The van der Waals surface area contributed by atoms with E-state index in [2.05, 4.69) is 11.4 Å². The van der Waals surface area contributed by atoms with Gasteiger partial charge >= 0.3 is 0 Å². The Morgan fingerprint density at radius 1 is 1.10 bits per heavy atom. The Morgan fingerprint density at radius 3 is 2.35 bits per heavy atom. The summed E-state index contributed by atoms with van der Waals surface area (Å²) < 4.78 is 0. The van der Waals surface area contributed by atoms with Crippen LogP contribution in [0, 0.1) is 22.7 Å². The third kappa shape index (κ3) is 3.98. The van der Waals surface area contributed by atoms with E-state index in [1.807, 2.05) is 0 Å². The minimum absolute atomic E-state index is 0.00618. The van der Waals surface area contributed by atoms with Crippen molar-refractivity contribution in [2.24, 2.45) is 11.3 Å². The SMILES string of the molecule is N#CC1(C(=O)NCCCC2CCCC2)CCCCCC1. The summed E-state index contributed by atoms with van der Waals surface area (Å²) in [6, 6.07) is 2.33. The van der Waals surface area contributed by atoms with Crippen LogP contribution in [0.4, 0.5) is 0 Å². The van der Waals surface area contributed by atoms with Gasteiger partial charge in [0.2, 0.25) is 5.91 Å². The molecular formula is C17H28N2O. The summed E-state index contributed by atoms with van der Waals surface area (Å²) in [6.07, 6.45) is 13.7. The monoisotopic (exact) mass is 276 g/mol.